The number of rotatable bonds is 1. The van der Waals surface area contributed by atoms with Crippen molar-refractivity contribution >= 4 is 13.1 Å². The van der Waals surface area contributed by atoms with Crippen LogP contribution < -0.4 is 5.30 Å². The third-order valence-electron chi connectivity index (χ3n) is 1.22. The number of alkyl halides is 3. The van der Waals surface area contributed by atoms with Gasteiger partial charge >= 0.3 is 13.7 Å². The summed E-state index contributed by atoms with van der Waals surface area (Å²) in [7, 11) is -3.27. The number of halogens is 3. The van der Waals surface area contributed by atoms with Crippen molar-refractivity contribution in [3.05, 3.63) is 30.3 Å². The van der Waals surface area contributed by atoms with E-state index in [0.717, 1.165) is 0 Å². The summed E-state index contributed by atoms with van der Waals surface area (Å²) in [5.41, 5.74) is 0. The molecule has 0 aliphatic heterocycles. The molecule has 0 saturated heterocycles. The van der Waals surface area contributed by atoms with E-state index in [4.69, 9.17) is 0 Å². The van der Waals surface area contributed by atoms with E-state index < -0.39 is 13.7 Å². The number of hydrogen-bond acceptors (Lipinski definition) is 1. The van der Waals surface area contributed by atoms with Crippen LogP contribution >= 0.6 is 7.80 Å². The fourth-order valence-electron chi connectivity index (χ4n) is 0.710. The van der Waals surface area contributed by atoms with Crippen LogP contribution in [-0.2, 0) is 4.57 Å². The molecule has 0 N–H and O–H groups in total. The zero-order valence-corrected chi connectivity index (χ0v) is 6.77. The molecule has 0 aliphatic carbocycles. The summed E-state index contributed by atoms with van der Waals surface area (Å²) < 4.78 is 46.2. The molecule has 0 fully saturated rings. The molecule has 5 heteroatoms. The second kappa shape index (κ2) is 3.23. The van der Waals surface area contributed by atoms with E-state index in [9.17, 15) is 17.7 Å². The highest BCUT2D eigenvalue weighted by Crippen LogP contribution is 2.41. The molecule has 0 heterocycles. The Labute approximate surface area is 68.0 Å². The van der Waals surface area contributed by atoms with E-state index >= 15 is 0 Å². The van der Waals surface area contributed by atoms with Gasteiger partial charge in [0.2, 0.25) is 0 Å². The second-order valence-corrected chi connectivity index (χ2v) is 3.71. The van der Waals surface area contributed by atoms with Crippen molar-refractivity contribution < 1.29 is 17.7 Å². The largest absolute Gasteiger partial charge is 0.611 e. The van der Waals surface area contributed by atoms with Crippen molar-refractivity contribution in [3.63, 3.8) is 0 Å². The first-order valence-corrected chi connectivity index (χ1v) is 4.37. The summed E-state index contributed by atoms with van der Waals surface area (Å²) in [6.07, 6.45) is 0. The zero-order valence-electron chi connectivity index (χ0n) is 5.88. The molecule has 1 aromatic rings. The average Bonchev–Trinajstić information content (AvgIpc) is 2.03. The molecule has 0 aromatic heterocycles. The Hall–Kier alpha value is -0.890. The summed E-state index contributed by atoms with van der Waals surface area (Å²) >= 11 is 0. The Morgan fingerprint density at radius 2 is 1.58 bits per heavy atom. The third-order valence-corrected chi connectivity index (χ3v) is 2.45. The van der Waals surface area contributed by atoms with E-state index in [1.54, 1.807) is 6.07 Å². The second-order valence-electron chi connectivity index (χ2n) is 2.10. The summed E-state index contributed by atoms with van der Waals surface area (Å²) in [5, 5.41) is -0.181. The van der Waals surface area contributed by atoms with Crippen LogP contribution in [0, 0.1) is 0 Å². The van der Waals surface area contributed by atoms with Crippen LogP contribution in [0.15, 0.2) is 30.3 Å². The van der Waals surface area contributed by atoms with Crippen LogP contribution in [-0.4, -0.2) is 5.92 Å². The van der Waals surface area contributed by atoms with E-state index in [2.05, 4.69) is 0 Å². The first kappa shape index (κ1) is 9.20. The molecule has 1 aromatic carbocycles. The quantitative estimate of drug-likeness (QED) is 0.626. The summed E-state index contributed by atoms with van der Waals surface area (Å²) in [4.78, 5) is 0. The summed E-state index contributed by atoms with van der Waals surface area (Å²) in [6.45, 7) is 0. The average molecular weight is 193 g/mol. The van der Waals surface area contributed by atoms with Gasteiger partial charge in [-0.1, -0.05) is 22.8 Å². The molecule has 0 bridgehead atoms. The molecule has 64 valence electrons. The van der Waals surface area contributed by atoms with Gasteiger partial charge in [0.1, 0.15) is 0 Å². The van der Waals surface area contributed by atoms with Crippen LogP contribution in [0.1, 0.15) is 0 Å². The Bertz CT molecular complexity index is 280. The molecular formula is C7H5F3OP+. The van der Waals surface area contributed by atoms with Crippen molar-refractivity contribution in [2.75, 3.05) is 0 Å². The molecule has 1 atom stereocenters. The van der Waals surface area contributed by atoms with Gasteiger partial charge in [-0.05, 0) is 12.1 Å². The first-order valence-electron chi connectivity index (χ1n) is 3.11. The molecule has 1 nitrogen and oxygen atoms in total. The molecule has 0 aliphatic rings. The van der Waals surface area contributed by atoms with E-state index in [0.29, 0.717) is 0 Å². The molecule has 0 amide bonds. The van der Waals surface area contributed by atoms with Crippen molar-refractivity contribution in [2.24, 2.45) is 0 Å². The highest BCUT2D eigenvalue weighted by Gasteiger charge is 2.53. The van der Waals surface area contributed by atoms with Crippen molar-refractivity contribution in [3.8, 4) is 0 Å². The highest BCUT2D eigenvalue weighted by molar-refractivity contribution is 7.54. The van der Waals surface area contributed by atoms with Gasteiger partial charge in [0.25, 0.3) is 0 Å². The Balaban J connectivity index is 2.94. The maximum atomic E-state index is 11.9. The van der Waals surface area contributed by atoms with Gasteiger partial charge in [-0.2, -0.15) is 0 Å². The fourth-order valence-corrected chi connectivity index (χ4v) is 1.45. The van der Waals surface area contributed by atoms with Crippen LogP contribution in [0.2, 0.25) is 0 Å². The van der Waals surface area contributed by atoms with E-state index in [1.807, 2.05) is 0 Å². The Morgan fingerprint density at radius 1 is 1.08 bits per heavy atom. The minimum Gasteiger partial charge on any atom is -0.125 e. The van der Waals surface area contributed by atoms with Gasteiger partial charge < -0.3 is 0 Å². The molecule has 1 unspecified atom stereocenters. The van der Waals surface area contributed by atoms with Crippen LogP contribution in [0.4, 0.5) is 13.2 Å². The van der Waals surface area contributed by atoms with Crippen LogP contribution in [0.3, 0.4) is 0 Å². The Morgan fingerprint density at radius 3 is 2.00 bits per heavy atom. The van der Waals surface area contributed by atoms with Crippen LogP contribution in [0.5, 0.6) is 0 Å². The number of hydrogen-bond donors (Lipinski definition) is 0. The lowest BCUT2D eigenvalue weighted by Crippen LogP contribution is -2.08. The lowest BCUT2D eigenvalue weighted by atomic mass is 10.4. The van der Waals surface area contributed by atoms with Gasteiger partial charge in [0.05, 0.1) is 0 Å². The van der Waals surface area contributed by atoms with Crippen LogP contribution in [0.25, 0.3) is 0 Å². The molecule has 1 rings (SSSR count). The molecule has 0 saturated carbocycles. The highest BCUT2D eigenvalue weighted by atomic mass is 31.1. The van der Waals surface area contributed by atoms with E-state index in [-0.39, 0.29) is 5.30 Å². The third kappa shape index (κ3) is 2.05. The standard InChI is InChI=1S/C7H5F3OP/c8-7(9,10)12(11)6-4-2-1-3-5-6/h1-5H/q+1. The fraction of sp³-hybridized carbons (Fsp3) is 0.143. The predicted octanol–water partition coefficient (Wildman–Crippen LogP) is 2.66. The smallest absolute Gasteiger partial charge is 0.125 e. The van der Waals surface area contributed by atoms with Crippen molar-refractivity contribution in [1.82, 2.24) is 0 Å². The van der Waals surface area contributed by atoms with Crippen molar-refractivity contribution in [1.29, 1.82) is 0 Å². The SMILES string of the molecule is O=[P+](c1ccccc1)C(F)(F)F. The maximum Gasteiger partial charge on any atom is 0.611 e. The van der Waals surface area contributed by atoms with Gasteiger partial charge in [-0.15, -0.1) is 13.2 Å². The molecule has 0 radical (unpaired) electrons. The minimum atomic E-state index is -4.63. The van der Waals surface area contributed by atoms with Gasteiger partial charge in [0.15, 0.2) is 5.30 Å². The molecule has 0 spiro atoms. The maximum absolute atomic E-state index is 11.9. The Kier molecular flexibility index (Phi) is 2.48. The van der Waals surface area contributed by atoms with Gasteiger partial charge in [-0.25, -0.2) is 0 Å². The van der Waals surface area contributed by atoms with E-state index in [1.165, 1.54) is 24.3 Å². The lowest BCUT2D eigenvalue weighted by molar-refractivity contribution is -0.0412. The first-order chi connectivity index (χ1) is 5.52. The molecule has 12 heavy (non-hydrogen) atoms. The normalized spacial score (nSPS) is 12.8. The molecular weight excluding hydrogens is 188 g/mol. The van der Waals surface area contributed by atoms with Gasteiger partial charge in [0, 0.05) is 0 Å². The van der Waals surface area contributed by atoms with Gasteiger partial charge in [-0.3, -0.25) is 0 Å². The zero-order chi connectivity index (χ0) is 9.19. The topological polar surface area (TPSA) is 17.1 Å². The number of benzene rings is 1. The monoisotopic (exact) mass is 193 g/mol. The minimum absolute atomic E-state index is 0.181. The lowest BCUT2D eigenvalue weighted by Gasteiger charge is -1.90. The van der Waals surface area contributed by atoms with Crippen molar-refractivity contribution in [2.45, 2.75) is 5.92 Å². The summed E-state index contributed by atoms with van der Waals surface area (Å²) in [6, 6.07) is 6.82. The predicted molar refractivity (Wildman–Crippen MR) is 39.7 cm³/mol. The summed E-state index contributed by atoms with van der Waals surface area (Å²) in [5.74, 6) is -4.63.